The van der Waals surface area contributed by atoms with E-state index in [1.165, 1.54) is 0 Å². The van der Waals surface area contributed by atoms with Gasteiger partial charge in [0.25, 0.3) is 0 Å². The Balaban J connectivity index is -0.0000000573. The number of rotatable bonds is 2. The molecule has 0 bridgehead atoms. The zero-order valence-corrected chi connectivity index (χ0v) is 10.9. The highest BCUT2D eigenvalue weighted by atomic mass is 14.6. The van der Waals surface area contributed by atoms with Crippen molar-refractivity contribution in [3.05, 3.63) is 12.3 Å². The molecule has 0 rings (SSSR count). The lowest BCUT2D eigenvalue weighted by atomic mass is 10.5. The quantitative estimate of drug-likeness (QED) is 0.535. The first-order valence-electron chi connectivity index (χ1n) is 5.54. The van der Waals surface area contributed by atoms with Crippen LogP contribution in [0, 0.1) is 0 Å². The third-order valence-electron chi connectivity index (χ3n) is 0.576. The van der Waals surface area contributed by atoms with Crippen LogP contribution in [-0.2, 0) is 0 Å². The van der Waals surface area contributed by atoms with Crippen LogP contribution in [0.2, 0.25) is 0 Å². The van der Waals surface area contributed by atoms with Gasteiger partial charge in [0.15, 0.2) is 0 Å². The molecule has 0 aromatic rings. The first kappa shape index (κ1) is 22.8. The summed E-state index contributed by atoms with van der Waals surface area (Å²) in [6.45, 7) is 16.0. The van der Waals surface area contributed by atoms with Gasteiger partial charge in [0.05, 0.1) is 0 Å². The molecule has 0 aliphatic rings. The second kappa shape index (κ2) is 63.6. The molecule has 82 valence electrons. The molecule has 0 heterocycles. The highest BCUT2D eigenvalue weighted by Crippen LogP contribution is 1.77. The van der Waals surface area contributed by atoms with Crippen LogP contribution in [0.4, 0.5) is 0 Å². The zero-order chi connectivity index (χ0) is 11.5. The monoisotopic (exact) mass is 187 g/mol. The first-order valence-corrected chi connectivity index (χ1v) is 5.54. The van der Waals surface area contributed by atoms with E-state index in [0.29, 0.717) is 0 Å². The molecule has 0 N–H and O–H groups in total. The maximum absolute atomic E-state index is 3.86. The predicted molar refractivity (Wildman–Crippen MR) is 67.6 cm³/mol. The summed E-state index contributed by atoms with van der Waals surface area (Å²) >= 11 is 0. The maximum atomic E-state index is 3.86. The van der Waals surface area contributed by atoms with E-state index in [4.69, 9.17) is 0 Å². The minimum absolute atomic E-state index is 1.07. The summed E-state index contributed by atoms with van der Waals surface area (Å²) in [4.78, 5) is 3.86. The van der Waals surface area contributed by atoms with Crippen LogP contribution in [0.15, 0.2) is 17.3 Å². The van der Waals surface area contributed by atoms with Crippen LogP contribution < -0.4 is 0 Å². The molecule has 13 heavy (non-hydrogen) atoms. The summed E-state index contributed by atoms with van der Waals surface area (Å²) < 4.78 is 0. The van der Waals surface area contributed by atoms with Crippen molar-refractivity contribution in [1.29, 1.82) is 0 Å². The van der Waals surface area contributed by atoms with Gasteiger partial charge in [0, 0.05) is 12.4 Å². The lowest BCUT2D eigenvalue weighted by Crippen LogP contribution is -1.53. The molecular weight excluding hydrogens is 158 g/mol. The number of hydrogen-bond acceptors (Lipinski definition) is 1. The average Bonchev–Trinajstić information content (AvgIpc) is 2.27. The van der Waals surface area contributed by atoms with Gasteiger partial charge in [-0.05, 0) is 13.3 Å². The van der Waals surface area contributed by atoms with Gasteiger partial charge in [-0.15, -0.1) is 0 Å². The predicted octanol–water partition coefficient (Wildman–Crippen LogP) is 5.08. The minimum Gasteiger partial charge on any atom is -0.270 e. The first-order chi connectivity index (χ1) is 6.41. The fourth-order valence-corrected chi connectivity index (χ4v) is 0.252. The van der Waals surface area contributed by atoms with E-state index in [1.54, 1.807) is 12.4 Å². The summed E-state index contributed by atoms with van der Waals surface area (Å²) in [6, 6.07) is 0. The summed E-state index contributed by atoms with van der Waals surface area (Å²) in [7, 11) is 0. The fourth-order valence-electron chi connectivity index (χ4n) is 0.252. The molecular formula is C12H29N. The van der Waals surface area contributed by atoms with Crippen molar-refractivity contribution >= 4 is 6.21 Å². The highest BCUT2D eigenvalue weighted by Gasteiger charge is 1.58. The van der Waals surface area contributed by atoms with E-state index >= 15 is 0 Å². The Morgan fingerprint density at radius 3 is 1.54 bits per heavy atom. The van der Waals surface area contributed by atoms with Gasteiger partial charge in [-0.25, -0.2) is 0 Å². The molecule has 1 nitrogen and oxygen atoms in total. The van der Waals surface area contributed by atoms with Gasteiger partial charge in [-0.2, -0.15) is 0 Å². The normalized spacial score (nSPS) is 7.69. The molecule has 0 aliphatic carbocycles. The maximum Gasteiger partial charge on any atom is 0.0223 e. The molecule has 0 saturated heterocycles. The molecule has 0 aromatic heterocycles. The third kappa shape index (κ3) is 86.9. The second-order valence-electron chi connectivity index (χ2n) is 1.20. The van der Waals surface area contributed by atoms with Gasteiger partial charge in [-0.1, -0.05) is 54.5 Å². The van der Waals surface area contributed by atoms with E-state index < -0.39 is 0 Å². The molecule has 0 aliphatic heterocycles. The number of nitrogens with zero attached hydrogens (tertiary/aromatic N) is 1. The molecule has 0 fully saturated rings. The molecule has 0 saturated carbocycles. The molecule has 0 spiro atoms. The highest BCUT2D eigenvalue weighted by molar-refractivity contribution is 5.54. The van der Waals surface area contributed by atoms with Crippen LogP contribution >= 0.6 is 0 Å². The summed E-state index contributed by atoms with van der Waals surface area (Å²) in [6.07, 6.45) is 6.66. The SMILES string of the molecule is CC.CC.CC.CC=N/C=C\CC. The summed E-state index contributed by atoms with van der Waals surface area (Å²) in [5, 5.41) is 0. The van der Waals surface area contributed by atoms with E-state index in [1.807, 2.05) is 54.5 Å². The third-order valence-corrected chi connectivity index (χ3v) is 0.576. The Morgan fingerprint density at radius 1 is 0.923 bits per heavy atom. The Morgan fingerprint density at radius 2 is 1.31 bits per heavy atom. The molecule has 0 amide bonds. The van der Waals surface area contributed by atoms with E-state index in [9.17, 15) is 0 Å². The largest absolute Gasteiger partial charge is 0.270 e. The van der Waals surface area contributed by atoms with Crippen LogP contribution in [0.25, 0.3) is 0 Å². The molecule has 1 heteroatoms. The van der Waals surface area contributed by atoms with Crippen molar-refractivity contribution in [3.8, 4) is 0 Å². The van der Waals surface area contributed by atoms with Gasteiger partial charge in [0.1, 0.15) is 0 Å². The van der Waals surface area contributed by atoms with Crippen molar-refractivity contribution < 1.29 is 0 Å². The van der Waals surface area contributed by atoms with E-state index in [-0.39, 0.29) is 0 Å². The Hall–Kier alpha value is -0.590. The van der Waals surface area contributed by atoms with Crippen LogP contribution in [-0.4, -0.2) is 6.21 Å². The van der Waals surface area contributed by atoms with Crippen molar-refractivity contribution in [2.24, 2.45) is 4.99 Å². The Bertz CT molecular complexity index is 73.2. The Kier molecular flexibility index (Phi) is 112. The number of aliphatic imine (C=N–C) groups is 1. The molecule has 0 radical (unpaired) electrons. The Labute approximate surface area is 86.0 Å². The van der Waals surface area contributed by atoms with Crippen molar-refractivity contribution in [2.75, 3.05) is 0 Å². The standard InChI is InChI=1S/C6H11N.3C2H6/c1-3-5-6-7-4-2;3*1-2/h4-6H,3H2,1-2H3;3*1-2H3/b6-5-,7-4?;;;. The van der Waals surface area contributed by atoms with Crippen LogP contribution in [0.5, 0.6) is 0 Å². The van der Waals surface area contributed by atoms with E-state index in [0.717, 1.165) is 6.42 Å². The summed E-state index contributed by atoms with van der Waals surface area (Å²) in [5.41, 5.74) is 0. The van der Waals surface area contributed by atoms with Gasteiger partial charge < -0.3 is 0 Å². The summed E-state index contributed by atoms with van der Waals surface area (Å²) in [5.74, 6) is 0. The molecule has 0 unspecified atom stereocenters. The average molecular weight is 187 g/mol. The zero-order valence-electron chi connectivity index (χ0n) is 10.9. The lowest BCUT2D eigenvalue weighted by Gasteiger charge is -1.71. The van der Waals surface area contributed by atoms with Crippen molar-refractivity contribution in [1.82, 2.24) is 0 Å². The van der Waals surface area contributed by atoms with Crippen molar-refractivity contribution in [2.45, 2.75) is 61.8 Å². The van der Waals surface area contributed by atoms with Crippen molar-refractivity contribution in [3.63, 3.8) is 0 Å². The van der Waals surface area contributed by atoms with Gasteiger partial charge in [-0.3, -0.25) is 4.99 Å². The second-order valence-corrected chi connectivity index (χ2v) is 1.20. The lowest BCUT2D eigenvalue weighted by molar-refractivity contribution is 1.21. The van der Waals surface area contributed by atoms with Crippen LogP contribution in [0.1, 0.15) is 61.8 Å². The molecule has 0 atom stereocenters. The topological polar surface area (TPSA) is 12.4 Å². The van der Waals surface area contributed by atoms with Gasteiger partial charge >= 0.3 is 0 Å². The number of hydrogen-bond donors (Lipinski definition) is 0. The van der Waals surface area contributed by atoms with Crippen LogP contribution in [0.3, 0.4) is 0 Å². The van der Waals surface area contributed by atoms with Gasteiger partial charge in [0.2, 0.25) is 0 Å². The molecule has 0 aromatic carbocycles. The van der Waals surface area contributed by atoms with E-state index in [2.05, 4.69) is 11.9 Å². The number of allylic oxidation sites excluding steroid dienone is 1. The fraction of sp³-hybridized carbons (Fsp3) is 0.750. The minimum atomic E-state index is 1.07. The smallest absolute Gasteiger partial charge is 0.0223 e.